The number of ether oxygens (including phenoxy) is 2. The molecule has 8 nitrogen and oxygen atoms in total. The van der Waals surface area contributed by atoms with Crippen molar-refractivity contribution in [2.24, 2.45) is 0 Å². The third kappa shape index (κ3) is 4.03. The minimum absolute atomic E-state index is 0.183. The summed E-state index contributed by atoms with van der Waals surface area (Å²) in [6, 6.07) is 8.91. The SMILES string of the molecule is C[C@@H](Sc1nnc(-c2cccnc2)o1)C(=O)Nc1ccc2c(c1)OCCO2. The first kappa shape index (κ1) is 17.3. The first-order chi connectivity index (χ1) is 13.2. The van der Waals surface area contributed by atoms with E-state index in [2.05, 4.69) is 20.5 Å². The summed E-state index contributed by atoms with van der Waals surface area (Å²) in [5.74, 6) is 1.48. The minimum atomic E-state index is -0.430. The summed E-state index contributed by atoms with van der Waals surface area (Å²) < 4.78 is 16.6. The van der Waals surface area contributed by atoms with Crippen LogP contribution >= 0.6 is 11.8 Å². The van der Waals surface area contributed by atoms with Gasteiger partial charge in [0.05, 0.1) is 10.8 Å². The van der Waals surface area contributed by atoms with Gasteiger partial charge in [-0.25, -0.2) is 0 Å². The monoisotopic (exact) mass is 384 g/mol. The Balaban J connectivity index is 1.39. The van der Waals surface area contributed by atoms with E-state index < -0.39 is 5.25 Å². The molecule has 0 bridgehead atoms. The molecular formula is C18H16N4O4S. The Morgan fingerprint density at radius 1 is 1.19 bits per heavy atom. The molecule has 3 heterocycles. The van der Waals surface area contributed by atoms with Crippen LogP contribution in [0.4, 0.5) is 5.69 Å². The summed E-state index contributed by atoms with van der Waals surface area (Å²) in [7, 11) is 0. The molecule has 0 unspecified atom stereocenters. The van der Waals surface area contributed by atoms with Crippen LogP contribution < -0.4 is 14.8 Å². The molecule has 1 N–H and O–H groups in total. The maximum Gasteiger partial charge on any atom is 0.277 e. The lowest BCUT2D eigenvalue weighted by atomic mass is 10.2. The lowest BCUT2D eigenvalue weighted by molar-refractivity contribution is -0.115. The predicted octanol–water partition coefficient (Wildman–Crippen LogP) is 3.02. The smallest absolute Gasteiger partial charge is 0.277 e. The first-order valence-corrected chi connectivity index (χ1v) is 9.18. The zero-order chi connectivity index (χ0) is 18.6. The van der Waals surface area contributed by atoms with Gasteiger partial charge >= 0.3 is 0 Å². The lowest BCUT2D eigenvalue weighted by Gasteiger charge is -2.19. The van der Waals surface area contributed by atoms with Gasteiger partial charge in [-0.05, 0) is 31.2 Å². The second kappa shape index (κ2) is 7.67. The highest BCUT2D eigenvalue weighted by molar-refractivity contribution is 8.00. The number of carbonyl (C=O) groups is 1. The molecule has 0 radical (unpaired) electrons. The summed E-state index contributed by atoms with van der Waals surface area (Å²) in [4.78, 5) is 16.5. The van der Waals surface area contributed by atoms with Gasteiger partial charge in [-0.15, -0.1) is 10.2 Å². The number of carbonyl (C=O) groups excluding carboxylic acids is 1. The van der Waals surface area contributed by atoms with E-state index in [4.69, 9.17) is 13.9 Å². The van der Waals surface area contributed by atoms with E-state index in [1.165, 1.54) is 11.8 Å². The van der Waals surface area contributed by atoms with E-state index in [9.17, 15) is 4.79 Å². The van der Waals surface area contributed by atoms with Crippen LogP contribution in [0.2, 0.25) is 0 Å². The van der Waals surface area contributed by atoms with Crippen LogP contribution in [0.25, 0.3) is 11.5 Å². The fourth-order valence-corrected chi connectivity index (χ4v) is 3.12. The Labute approximate surface area is 159 Å². The van der Waals surface area contributed by atoms with E-state index in [0.717, 1.165) is 5.56 Å². The highest BCUT2D eigenvalue weighted by atomic mass is 32.2. The van der Waals surface area contributed by atoms with Crippen molar-refractivity contribution in [2.45, 2.75) is 17.4 Å². The van der Waals surface area contributed by atoms with Crippen LogP contribution in [0.3, 0.4) is 0 Å². The van der Waals surface area contributed by atoms with E-state index >= 15 is 0 Å². The van der Waals surface area contributed by atoms with Gasteiger partial charge in [0.2, 0.25) is 11.8 Å². The van der Waals surface area contributed by atoms with Crippen LogP contribution in [0.5, 0.6) is 11.5 Å². The van der Waals surface area contributed by atoms with Gasteiger partial charge in [0.1, 0.15) is 13.2 Å². The van der Waals surface area contributed by atoms with Crippen LogP contribution in [0.15, 0.2) is 52.4 Å². The van der Waals surface area contributed by atoms with Crippen molar-refractivity contribution in [3.63, 3.8) is 0 Å². The fourth-order valence-electron chi connectivity index (χ4n) is 2.43. The van der Waals surface area contributed by atoms with E-state index in [-0.39, 0.29) is 5.91 Å². The Kier molecular flexibility index (Phi) is 4.93. The molecule has 3 aromatic rings. The zero-order valence-corrected chi connectivity index (χ0v) is 15.2. The highest BCUT2D eigenvalue weighted by Gasteiger charge is 2.20. The maximum atomic E-state index is 12.5. The lowest BCUT2D eigenvalue weighted by Crippen LogP contribution is -2.22. The number of benzene rings is 1. The number of aromatic nitrogens is 3. The molecule has 1 aliphatic heterocycles. The number of anilines is 1. The van der Waals surface area contributed by atoms with Crippen molar-refractivity contribution in [3.8, 4) is 23.0 Å². The second-order valence-corrected chi connectivity index (χ2v) is 7.01. The molecule has 1 atom stereocenters. The second-order valence-electron chi connectivity index (χ2n) is 5.72. The van der Waals surface area contributed by atoms with Gasteiger partial charge in [0.15, 0.2) is 11.5 Å². The van der Waals surface area contributed by atoms with Gasteiger partial charge < -0.3 is 19.2 Å². The molecule has 138 valence electrons. The summed E-state index contributed by atoms with van der Waals surface area (Å²) in [6.45, 7) is 2.79. The van der Waals surface area contributed by atoms with Crippen molar-refractivity contribution in [1.29, 1.82) is 0 Å². The number of thioether (sulfide) groups is 1. The maximum absolute atomic E-state index is 12.5. The summed E-state index contributed by atoms with van der Waals surface area (Å²) in [5, 5.41) is 10.7. The number of rotatable bonds is 5. The standard InChI is InChI=1S/C18H16N4O4S/c1-11(27-18-22-21-17(26-18)12-3-2-6-19-10-12)16(23)20-13-4-5-14-15(9-13)25-8-7-24-14/h2-6,9-11H,7-8H2,1H3,(H,20,23)/t11-/m1/s1. The number of fused-ring (bicyclic) bond motifs is 1. The summed E-state index contributed by atoms with van der Waals surface area (Å²) in [5.41, 5.74) is 1.36. The molecule has 2 aromatic heterocycles. The minimum Gasteiger partial charge on any atom is -0.486 e. The summed E-state index contributed by atoms with van der Waals surface area (Å²) >= 11 is 1.19. The van der Waals surface area contributed by atoms with Crippen LogP contribution in [0.1, 0.15) is 6.92 Å². The van der Waals surface area contributed by atoms with Crippen molar-refractivity contribution in [2.75, 3.05) is 18.5 Å². The average Bonchev–Trinajstić information content (AvgIpc) is 3.17. The Morgan fingerprint density at radius 2 is 2.04 bits per heavy atom. The molecule has 27 heavy (non-hydrogen) atoms. The third-order valence-electron chi connectivity index (χ3n) is 3.77. The largest absolute Gasteiger partial charge is 0.486 e. The van der Waals surface area contributed by atoms with Gasteiger partial charge in [-0.2, -0.15) is 0 Å². The van der Waals surface area contributed by atoms with Crippen LogP contribution in [-0.4, -0.2) is 39.6 Å². The molecule has 1 aromatic carbocycles. The number of amides is 1. The van der Waals surface area contributed by atoms with Gasteiger partial charge in [-0.3, -0.25) is 9.78 Å². The topological polar surface area (TPSA) is 99.4 Å². The molecular weight excluding hydrogens is 368 g/mol. The molecule has 1 amide bonds. The van der Waals surface area contributed by atoms with Gasteiger partial charge in [0, 0.05) is 24.1 Å². The first-order valence-electron chi connectivity index (χ1n) is 8.30. The van der Waals surface area contributed by atoms with E-state index in [1.54, 1.807) is 43.6 Å². The van der Waals surface area contributed by atoms with Crippen LogP contribution in [0, 0.1) is 0 Å². The Bertz CT molecular complexity index is 948. The van der Waals surface area contributed by atoms with Crippen molar-refractivity contribution < 1.29 is 18.7 Å². The zero-order valence-electron chi connectivity index (χ0n) is 14.4. The van der Waals surface area contributed by atoms with Crippen molar-refractivity contribution >= 4 is 23.4 Å². The number of pyridine rings is 1. The Hall–Kier alpha value is -3.07. The van der Waals surface area contributed by atoms with Gasteiger partial charge in [0.25, 0.3) is 5.22 Å². The number of nitrogens with one attached hydrogen (secondary N) is 1. The number of nitrogens with zero attached hydrogens (tertiary/aromatic N) is 3. The predicted molar refractivity (Wildman–Crippen MR) is 98.9 cm³/mol. The molecule has 0 fully saturated rings. The third-order valence-corrected chi connectivity index (χ3v) is 4.71. The van der Waals surface area contributed by atoms with E-state index in [0.29, 0.717) is 41.5 Å². The average molecular weight is 384 g/mol. The molecule has 4 rings (SSSR count). The van der Waals surface area contributed by atoms with Crippen molar-refractivity contribution in [1.82, 2.24) is 15.2 Å². The highest BCUT2D eigenvalue weighted by Crippen LogP contribution is 2.33. The normalized spacial score (nSPS) is 13.8. The van der Waals surface area contributed by atoms with E-state index in [1.807, 2.05) is 6.07 Å². The molecule has 9 heteroatoms. The molecule has 0 spiro atoms. The van der Waals surface area contributed by atoms with Crippen molar-refractivity contribution in [3.05, 3.63) is 42.7 Å². The molecule has 0 saturated heterocycles. The quantitative estimate of drug-likeness (QED) is 0.670. The number of hydrogen-bond acceptors (Lipinski definition) is 8. The fraction of sp³-hybridized carbons (Fsp3) is 0.222. The number of hydrogen-bond donors (Lipinski definition) is 1. The van der Waals surface area contributed by atoms with Crippen LogP contribution in [-0.2, 0) is 4.79 Å². The Morgan fingerprint density at radius 3 is 2.85 bits per heavy atom. The summed E-state index contributed by atoms with van der Waals surface area (Å²) in [6.07, 6.45) is 3.31. The van der Waals surface area contributed by atoms with Gasteiger partial charge in [-0.1, -0.05) is 11.8 Å². The molecule has 0 saturated carbocycles. The molecule has 0 aliphatic carbocycles. The molecule has 1 aliphatic rings.